The zero-order chi connectivity index (χ0) is 18.7. The van der Waals surface area contributed by atoms with Crippen LogP contribution in [0.2, 0.25) is 0 Å². The van der Waals surface area contributed by atoms with E-state index in [9.17, 15) is 0 Å². The van der Waals surface area contributed by atoms with Crippen molar-refractivity contribution in [2.75, 3.05) is 13.6 Å². The van der Waals surface area contributed by atoms with Gasteiger partial charge in [0.25, 0.3) is 0 Å². The van der Waals surface area contributed by atoms with Gasteiger partial charge in [0.05, 0.1) is 6.26 Å². The van der Waals surface area contributed by atoms with Gasteiger partial charge in [-0.05, 0) is 35.4 Å². The van der Waals surface area contributed by atoms with Crippen molar-refractivity contribution in [3.63, 3.8) is 0 Å². The van der Waals surface area contributed by atoms with Gasteiger partial charge in [0, 0.05) is 26.6 Å². The second kappa shape index (κ2) is 12.1. The molecule has 0 fully saturated rings. The van der Waals surface area contributed by atoms with Crippen LogP contribution in [0, 0.1) is 0 Å². The third kappa shape index (κ3) is 7.26. The van der Waals surface area contributed by atoms with Gasteiger partial charge in [-0.25, -0.2) is 0 Å². The molecule has 1 heterocycles. The molecule has 0 aliphatic rings. The van der Waals surface area contributed by atoms with E-state index in [1.807, 2.05) is 42.5 Å². The van der Waals surface area contributed by atoms with E-state index in [-0.39, 0.29) is 24.0 Å². The highest BCUT2D eigenvalue weighted by Gasteiger charge is 2.01. The van der Waals surface area contributed by atoms with Gasteiger partial charge in [0.15, 0.2) is 5.96 Å². The number of aliphatic imine (C=N–C) groups is 1. The fourth-order valence-corrected chi connectivity index (χ4v) is 2.60. The summed E-state index contributed by atoms with van der Waals surface area (Å²) < 4.78 is 11.1. The molecule has 0 aliphatic carbocycles. The van der Waals surface area contributed by atoms with E-state index in [0.717, 1.165) is 36.0 Å². The van der Waals surface area contributed by atoms with Crippen molar-refractivity contribution in [2.45, 2.75) is 19.6 Å². The lowest BCUT2D eigenvalue weighted by Crippen LogP contribution is -2.37. The average Bonchev–Trinajstić information content (AvgIpc) is 3.24. The number of para-hydroxylation sites is 1. The quantitative estimate of drug-likeness (QED) is 0.279. The first-order chi connectivity index (χ1) is 13.3. The van der Waals surface area contributed by atoms with Gasteiger partial charge in [-0.3, -0.25) is 4.99 Å². The summed E-state index contributed by atoms with van der Waals surface area (Å²) in [4.78, 5) is 4.25. The molecule has 28 heavy (non-hydrogen) atoms. The van der Waals surface area contributed by atoms with Gasteiger partial charge in [-0.2, -0.15) is 0 Å². The molecule has 0 unspecified atom stereocenters. The fourth-order valence-electron chi connectivity index (χ4n) is 2.60. The van der Waals surface area contributed by atoms with Crippen LogP contribution in [0.4, 0.5) is 0 Å². The molecule has 0 saturated heterocycles. The Morgan fingerprint density at radius 2 is 1.68 bits per heavy atom. The van der Waals surface area contributed by atoms with Crippen LogP contribution in [0.5, 0.6) is 5.75 Å². The molecule has 0 amide bonds. The molecule has 0 radical (unpaired) electrons. The smallest absolute Gasteiger partial charge is 0.191 e. The molecule has 3 rings (SSSR count). The first-order valence-electron chi connectivity index (χ1n) is 9.06. The Morgan fingerprint density at radius 3 is 2.36 bits per heavy atom. The van der Waals surface area contributed by atoms with E-state index in [1.165, 1.54) is 5.56 Å². The second-order valence-electron chi connectivity index (χ2n) is 6.10. The minimum absolute atomic E-state index is 0. The Bertz CT molecular complexity index is 819. The van der Waals surface area contributed by atoms with Crippen molar-refractivity contribution in [3.05, 3.63) is 89.9 Å². The minimum atomic E-state index is 0. The van der Waals surface area contributed by atoms with Crippen molar-refractivity contribution < 1.29 is 9.15 Å². The summed E-state index contributed by atoms with van der Waals surface area (Å²) in [6, 6.07) is 22.1. The highest BCUT2D eigenvalue weighted by atomic mass is 127. The maximum atomic E-state index is 5.77. The molecule has 3 aromatic rings. The Kier molecular flexibility index (Phi) is 9.41. The summed E-state index contributed by atoms with van der Waals surface area (Å²) in [6.07, 6.45) is 2.51. The van der Waals surface area contributed by atoms with Gasteiger partial charge < -0.3 is 19.8 Å². The van der Waals surface area contributed by atoms with E-state index in [0.29, 0.717) is 13.2 Å². The number of benzene rings is 2. The number of halogens is 1. The van der Waals surface area contributed by atoms with Crippen LogP contribution in [0.15, 0.2) is 82.4 Å². The molecule has 0 saturated carbocycles. The molecule has 1 aromatic heterocycles. The van der Waals surface area contributed by atoms with Gasteiger partial charge in [-0.15, -0.1) is 24.0 Å². The Labute approximate surface area is 183 Å². The van der Waals surface area contributed by atoms with Gasteiger partial charge in [0.2, 0.25) is 0 Å². The number of ether oxygens (including phenoxy) is 1. The highest BCUT2D eigenvalue weighted by molar-refractivity contribution is 14.0. The molecule has 6 heteroatoms. The summed E-state index contributed by atoms with van der Waals surface area (Å²) in [5.74, 6) is 2.62. The van der Waals surface area contributed by atoms with Gasteiger partial charge in [0.1, 0.15) is 18.1 Å². The van der Waals surface area contributed by atoms with Crippen molar-refractivity contribution in [1.82, 2.24) is 10.6 Å². The molecule has 2 N–H and O–H groups in total. The Morgan fingerprint density at radius 1 is 0.929 bits per heavy atom. The number of hydrogen-bond acceptors (Lipinski definition) is 3. The standard InChI is InChI=1S/C22H25N3O2.HI/c1-23-22(24-14-13-21-8-5-15-26-21)25-16-18-9-11-19(12-10-18)17-27-20-6-3-2-4-7-20;/h2-12,15H,13-14,16-17H2,1H3,(H2,23,24,25);1H. The molecule has 0 spiro atoms. The van der Waals surface area contributed by atoms with Crippen LogP contribution < -0.4 is 15.4 Å². The largest absolute Gasteiger partial charge is 0.489 e. The van der Waals surface area contributed by atoms with Crippen LogP contribution in [0.3, 0.4) is 0 Å². The maximum absolute atomic E-state index is 5.77. The van der Waals surface area contributed by atoms with E-state index in [1.54, 1.807) is 13.3 Å². The highest BCUT2D eigenvalue weighted by Crippen LogP contribution is 2.12. The van der Waals surface area contributed by atoms with E-state index < -0.39 is 0 Å². The number of furan rings is 1. The molecular formula is C22H26IN3O2. The summed E-state index contributed by atoms with van der Waals surface area (Å²) in [7, 11) is 1.77. The Hall–Kier alpha value is -2.48. The molecule has 148 valence electrons. The lowest BCUT2D eigenvalue weighted by molar-refractivity contribution is 0.306. The zero-order valence-electron chi connectivity index (χ0n) is 15.9. The van der Waals surface area contributed by atoms with Crippen LogP contribution in [-0.4, -0.2) is 19.6 Å². The predicted octanol–water partition coefficient (Wildman–Crippen LogP) is 4.38. The zero-order valence-corrected chi connectivity index (χ0v) is 18.3. The molecule has 2 aromatic carbocycles. The first-order valence-corrected chi connectivity index (χ1v) is 9.06. The van der Waals surface area contributed by atoms with Crippen molar-refractivity contribution >= 4 is 29.9 Å². The fraction of sp³-hybridized carbons (Fsp3) is 0.227. The third-order valence-electron chi connectivity index (χ3n) is 4.10. The van der Waals surface area contributed by atoms with Crippen molar-refractivity contribution in [1.29, 1.82) is 0 Å². The molecule has 5 nitrogen and oxygen atoms in total. The summed E-state index contributed by atoms with van der Waals surface area (Å²) >= 11 is 0. The van der Waals surface area contributed by atoms with Crippen molar-refractivity contribution in [2.24, 2.45) is 4.99 Å². The second-order valence-corrected chi connectivity index (χ2v) is 6.10. The summed E-state index contributed by atoms with van der Waals surface area (Å²) in [6.45, 7) is 2.04. The monoisotopic (exact) mass is 491 g/mol. The normalized spacial score (nSPS) is 10.8. The third-order valence-corrected chi connectivity index (χ3v) is 4.10. The average molecular weight is 491 g/mol. The first kappa shape index (κ1) is 21.8. The van der Waals surface area contributed by atoms with E-state index in [4.69, 9.17) is 9.15 Å². The van der Waals surface area contributed by atoms with E-state index in [2.05, 4.69) is 39.9 Å². The number of hydrogen-bond donors (Lipinski definition) is 2. The molecule has 0 atom stereocenters. The number of nitrogens with one attached hydrogen (secondary N) is 2. The number of rotatable bonds is 8. The summed E-state index contributed by atoms with van der Waals surface area (Å²) in [5, 5.41) is 6.61. The number of nitrogens with zero attached hydrogens (tertiary/aromatic N) is 1. The number of guanidine groups is 1. The molecule has 0 bridgehead atoms. The SMILES string of the molecule is CN=C(NCCc1ccco1)NCc1ccc(COc2ccccc2)cc1.I. The molecule has 0 aliphatic heterocycles. The van der Waals surface area contributed by atoms with Crippen LogP contribution in [0.25, 0.3) is 0 Å². The van der Waals surface area contributed by atoms with Crippen LogP contribution in [0.1, 0.15) is 16.9 Å². The lowest BCUT2D eigenvalue weighted by Gasteiger charge is -2.12. The van der Waals surface area contributed by atoms with E-state index >= 15 is 0 Å². The summed E-state index contributed by atoms with van der Waals surface area (Å²) in [5.41, 5.74) is 2.33. The molecular weight excluding hydrogens is 465 g/mol. The topological polar surface area (TPSA) is 58.8 Å². The Balaban J connectivity index is 0.00000280. The van der Waals surface area contributed by atoms with Gasteiger partial charge in [-0.1, -0.05) is 42.5 Å². The van der Waals surface area contributed by atoms with Gasteiger partial charge >= 0.3 is 0 Å². The lowest BCUT2D eigenvalue weighted by atomic mass is 10.1. The van der Waals surface area contributed by atoms with Crippen LogP contribution >= 0.6 is 24.0 Å². The van der Waals surface area contributed by atoms with Crippen molar-refractivity contribution in [3.8, 4) is 5.75 Å². The van der Waals surface area contributed by atoms with Crippen LogP contribution in [-0.2, 0) is 19.6 Å². The maximum Gasteiger partial charge on any atom is 0.191 e. The minimum Gasteiger partial charge on any atom is -0.489 e. The predicted molar refractivity (Wildman–Crippen MR) is 123 cm³/mol.